The van der Waals surface area contributed by atoms with E-state index in [0.29, 0.717) is 30.2 Å². The number of benzene rings is 2. The highest BCUT2D eigenvalue weighted by atomic mass is 16.5. The van der Waals surface area contributed by atoms with Crippen LogP contribution in [0.15, 0.2) is 65.3 Å². The Labute approximate surface area is 152 Å². The van der Waals surface area contributed by atoms with Crippen LogP contribution in [0.1, 0.15) is 16.1 Å². The lowest BCUT2D eigenvalue weighted by molar-refractivity contribution is 0.0927. The van der Waals surface area contributed by atoms with Crippen LogP contribution in [0.2, 0.25) is 0 Å². The van der Waals surface area contributed by atoms with Crippen molar-refractivity contribution >= 4 is 5.91 Å². The molecule has 1 heterocycles. The zero-order valence-corrected chi connectivity index (χ0v) is 14.8. The minimum Gasteiger partial charge on any atom is -0.493 e. The number of furan rings is 1. The molecule has 2 aromatic carbocycles. The number of hydrogen-bond donors (Lipinski definition) is 1. The first-order valence-corrected chi connectivity index (χ1v) is 8.35. The second-order valence-electron chi connectivity index (χ2n) is 5.72. The summed E-state index contributed by atoms with van der Waals surface area (Å²) in [4.78, 5) is 12.5. The molecular weight excluding hydrogens is 330 g/mol. The van der Waals surface area contributed by atoms with E-state index in [1.807, 2.05) is 48.5 Å². The van der Waals surface area contributed by atoms with Crippen LogP contribution < -0.4 is 14.8 Å². The second kappa shape index (κ2) is 8.25. The van der Waals surface area contributed by atoms with Crippen LogP contribution in [0.5, 0.6) is 11.5 Å². The van der Waals surface area contributed by atoms with Crippen molar-refractivity contribution in [2.45, 2.75) is 6.42 Å². The van der Waals surface area contributed by atoms with Crippen LogP contribution in [0.3, 0.4) is 0 Å². The van der Waals surface area contributed by atoms with Gasteiger partial charge in [0.2, 0.25) is 0 Å². The molecule has 0 bridgehead atoms. The van der Waals surface area contributed by atoms with Gasteiger partial charge in [0, 0.05) is 12.1 Å². The van der Waals surface area contributed by atoms with E-state index in [1.54, 1.807) is 20.3 Å². The predicted molar refractivity (Wildman–Crippen MR) is 99.7 cm³/mol. The fourth-order valence-electron chi connectivity index (χ4n) is 2.77. The van der Waals surface area contributed by atoms with E-state index in [1.165, 1.54) is 6.26 Å². The number of ether oxygens (including phenoxy) is 2. The van der Waals surface area contributed by atoms with Crippen molar-refractivity contribution in [3.05, 3.63) is 72.2 Å². The Hall–Kier alpha value is -3.21. The number of amides is 1. The molecule has 0 saturated carbocycles. The van der Waals surface area contributed by atoms with Gasteiger partial charge in [-0.25, -0.2) is 0 Å². The van der Waals surface area contributed by atoms with E-state index in [-0.39, 0.29) is 5.91 Å². The highest BCUT2D eigenvalue weighted by Gasteiger charge is 2.16. The summed E-state index contributed by atoms with van der Waals surface area (Å²) in [6.07, 6.45) is 2.21. The minimum atomic E-state index is -0.227. The Morgan fingerprint density at radius 1 is 1.00 bits per heavy atom. The molecule has 0 unspecified atom stereocenters. The number of methoxy groups -OCH3 is 2. The van der Waals surface area contributed by atoms with E-state index in [0.717, 1.165) is 16.7 Å². The maximum atomic E-state index is 12.5. The number of rotatable bonds is 7. The van der Waals surface area contributed by atoms with Crippen molar-refractivity contribution in [1.29, 1.82) is 0 Å². The van der Waals surface area contributed by atoms with Crippen LogP contribution >= 0.6 is 0 Å². The lowest BCUT2D eigenvalue weighted by Crippen LogP contribution is -2.25. The third-order valence-corrected chi connectivity index (χ3v) is 4.10. The fraction of sp³-hybridized carbons (Fsp3) is 0.190. The van der Waals surface area contributed by atoms with Gasteiger partial charge in [0.15, 0.2) is 17.3 Å². The maximum Gasteiger partial charge on any atom is 0.287 e. The number of carbonyl (C=O) groups excluding carboxylic acids is 1. The lowest BCUT2D eigenvalue weighted by atomic mass is 10.1. The first kappa shape index (κ1) is 17.6. The van der Waals surface area contributed by atoms with Gasteiger partial charge in [-0.05, 0) is 35.7 Å². The number of carbonyl (C=O) groups is 1. The highest BCUT2D eigenvalue weighted by molar-refractivity contribution is 5.98. The summed E-state index contributed by atoms with van der Waals surface area (Å²) in [7, 11) is 3.21. The lowest BCUT2D eigenvalue weighted by Gasteiger charge is -2.10. The van der Waals surface area contributed by atoms with Crippen molar-refractivity contribution in [2.24, 2.45) is 0 Å². The zero-order chi connectivity index (χ0) is 18.4. The molecule has 0 aliphatic carbocycles. The molecule has 5 heteroatoms. The Kier molecular flexibility index (Phi) is 5.59. The van der Waals surface area contributed by atoms with Gasteiger partial charge < -0.3 is 19.2 Å². The summed E-state index contributed by atoms with van der Waals surface area (Å²) in [6, 6.07) is 17.2. The summed E-state index contributed by atoms with van der Waals surface area (Å²) >= 11 is 0. The quantitative estimate of drug-likeness (QED) is 0.700. The maximum absolute atomic E-state index is 12.5. The molecule has 0 spiro atoms. The van der Waals surface area contributed by atoms with Crippen LogP contribution in [0.25, 0.3) is 11.1 Å². The molecule has 0 fully saturated rings. The Morgan fingerprint density at radius 2 is 1.77 bits per heavy atom. The summed E-state index contributed by atoms with van der Waals surface area (Å²) in [6.45, 7) is 0.489. The Balaban J connectivity index is 1.63. The minimum absolute atomic E-state index is 0.227. The molecule has 3 rings (SSSR count). The predicted octanol–water partition coefficient (Wildman–Crippen LogP) is 3.94. The SMILES string of the molecule is COc1ccc(CCNC(=O)c2occc2-c2ccccc2)cc1OC. The average molecular weight is 351 g/mol. The molecule has 5 nitrogen and oxygen atoms in total. The Bertz CT molecular complexity index is 871. The van der Waals surface area contributed by atoms with Crippen molar-refractivity contribution < 1.29 is 18.7 Å². The second-order valence-corrected chi connectivity index (χ2v) is 5.72. The largest absolute Gasteiger partial charge is 0.493 e. The number of nitrogens with one attached hydrogen (secondary N) is 1. The summed E-state index contributed by atoms with van der Waals surface area (Å²) in [5.41, 5.74) is 2.78. The van der Waals surface area contributed by atoms with Crippen LogP contribution in [0, 0.1) is 0 Å². The summed E-state index contributed by atoms with van der Waals surface area (Å²) < 4.78 is 15.9. The van der Waals surface area contributed by atoms with Crippen LogP contribution in [-0.4, -0.2) is 26.7 Å². The third-order valence-electron chi connectivity index (χ3n) is 4.10. The molecule has 26 heavy (non-hydrogen) atoms. The van der Waals surface area contributed by atoms with Gasteiger partial charge in [0.25, 0.3) is 5.91 Å². The third kappa shape index (κ3) is 3.88. The van der Waals surface area contributed by atoms with Gasteiger partial charge in [0.1, 0.15) is 0 Å². The molecule has 0 saturated heterocycles. The number of hydrogen-bond acceptors (Lipinski definition) is 4. The van der Waals surface area contributed by atoms with Gasteiger partial charge in [-0.3, -0.25) is 4.79 Å². The Morgan fingerprint density at radius 3 is 2.50 bits per heavy atom. The molecule has 134 valence electrons. The van der Waals surface area contributed by atoms with Crippen molar-refractivity contribution in [1.82, 2.24) is 5.32 Å². The van der Waals surface area contributed by atoms with Gasteiger partial charge in [0.05, 0.1) is 20.5 Å². The first-order valence-electron chi connectivity index (χ1n) is 8.35. The molecule has 1 N–H and O–H groups in total. The van der Waals surface area contributed by atoms with Crippen molar-refractivity contribution in [3.8, 4) is 22.6 Å². The van der Waals surface area contributed by atoms with Crippen LogP contribution in [-0.2, 0) is 6.42 Å². The van der Waals surface area contributed by atoms with Crippen molar-refractivity contribution in [3.63, 3.8) is 0 Å². The zero-order valence-electron chi connectivity index (χ0n) is 14.8. The van der Waals surface area contributed by atoms with Gasteiger partial charge in [-0.2, -0.15) is 0 Å². The van der Waals surface area contributed by atoms with Gasteiger partial charge in [-0.15, -0.1) is 0 Å². The van der Waals surface area contributed by atoms with Crippen molar-refractivity contribution in [2.75, 3.05) is 20.8 Å². The molecule has 3 aromatic rings. The average Bonchev–Trinajstić information content (AvgIpc) is 3.18. The molecule has 1 amide bonds. The topological polar surface area (TPSA) is 60.7 Å². The summed E-state index contributed by atoms with van der Waals surface area (Å²) in [5, 5.41) is 2.91. The summed E-state index contributed by atoms with van der Waals surface area (Å²) in [5.74, 6) is 1.45. The molecule has 0 atom stereocenters. The van der Waals surface area contributed by atoms with Gasteiger partial charge in [-0.1, -0.05) is 36.4 Å². The van der Waals surface area contributed by atoms with E-state index in [2.05, 4.69) is 5.32 Å². The molecule has 0 radical (unpaired) electrons. The van der Waals surface area contributed by atoms with E-state index >= 15 is 0 Å². The van der Waals surface area contributed by atoms with Crippen LogP contribution in [0.4, 0.5) is 0 Å². The molecule has 0 aliphatic rings. The fourth-order valence-corrected chi connectivity index (χ4v) is 2.77. The smallest absolute Gasteiger partial charge is 0.287 e. The first-order chi connectivity index (χ1) is 12.7. The molecular formula is C21H21NO4. The van der Waals surface area contributed by atoms with E-state index < -0.39 is 0 Å². The highest BCUT2D eigenvalue weighted by Crippen LogP contribution is 2.28. The molecule has 1 aromatic heterocycles. The monoisotopic (exact) mass is 351 g/mol. The normalized spacial score (nSPS) is 10.4. The van der Waals surface area contributed by atoms with E-state index in [9.17, 15) is 4.79 Å². The van der Waals surface area contributed by atoms with E-state index in [4.69, 9.17) is 13.9 Å². The molecule has 0 aliphatic heterocycles. The van der Waals surface area contributed by atoms with Gasteiger partial charge >= 0.3 is 0 Å². The standard InChI is InChI=1S/C21H21NO4/c1-24-18-9-8-15(14-19(18)25-2)10-12-22-21(23)20-17(11-13-26-20)16-6-4-3-5-7-16/h3-9,11,13-14H,10,12H2,1-2H3,(H,22,23).